The first-order valence-electron chi connectivity index (χ1n) is 5.69. The first kappa shape index (κ1) is 12.3. The van der Waals surface area contributed by atoms with Crippen molar-refractivity contribution in [3.63, 3.8) is 0 Å². The molecule has 1 amide bonds. The molecule has 2 rings (SSSR count). The second-order valence-corrected chi connectivity index (χ2v) is 3.75. The van der Waals surface area contributed by atoms with Gasteiger partial charge in [-0.2, -0.15) is 5.10 Å². The Morgan fingerprint density at radius 1 is 1.39 bits per heavy atom. The van der Waals surface area contributed by atoms with Crippen molar-refractivity contribution in [1.82, 2.24) is 25.4 Å². The van der Waals surface area contributed by atoms with Crippen LogP contribution in [0.25, 0.3) is 5.69 Å². The van der Waals surface area contributed by atoms with Crippen molar-refractivity contribution >= 4 is 5.91 Å². The zero-order chi connectivity index (χ0) is 12.8. The smallest absolute Gasteiger partial charge is 0.251 e. The first-order valence-corrected chi connectivity index (χ1v) is 5.69. The predicted octanol–water partition coefficient (Wildman–Crippen LogP) is 0.216. The van der Waals surface area contributed by atoms with Crippen molar-refractivity contribution in [3.8, 4) is 5.69 Å². The van der Waals surface area contributed by atoms with Crippen LogP contribution in [0.2, 0.25) is 0 Å². The number of carbonyl (C=O) groups excluding carboxylic acids is 1. The number of hydrogen-bond acceptors (Lipinski definition) is 4. The Kier molecular flexibility index (Phi) is 4.03. The van der Waals surface area contributed by atoms with Crippen molar-refractivity contribution < 1.29 is 4.79 Å². The first-order chi connectivity index (χ1) is 8.81. The van der Waals surface area contributed by atoms with Crippen LogP contribution in [-0.2, 0) is 0 Å². The molecular weight excluding hydrogens is 230 g/mol. The van der Waals surface area contributed by atoms with Gasteiger partial charge in [-0.15, -0.1) is 0 Å². The minimum absolute atomic E-state index is 0.0905. The lowest BCUT2D eigenvalue weighted by Gasteiger charge is -2.06. The summed E-state index contributed by atoms with van der Waals surface area (Å²) in [6.07, 6.45) is 3.05. The van der Waals surface area contributed by atoms with Crippen LogP contribution >= 0.6 is 0 Å². The van der Waals surface area contributed by atoms with Crippen LogP contribution in [0.5, 0.6) is 0 Å². The minimum Gasteiger partial charge on any atom is -0.351 e. The molecule has 18 heavy (non-hydrogen) atoms. The number of hydrogen-bond donors (Lipinski definition) is 2. The molecule has 2 aromatic rings. The third kappa shape index (κ3) is 2.92. The fraction of sp³-hybridized carbons (Fsp3) is 0.250. The van der Waals surface area contributed by atoms with E-state index in [4.69, 9.17) is 0 Å². The number of amides is 1. The Morgan fingerprint density at radius 3 is 3.00 bits per heavy atom. The van der Waals surface area contributed by atoms with Crippen LogP contribution in [0, 0.1) is 0 Å². The highest BCUT2D eigenvalue weighted by Crippen LogP contribution is 2.08. The summed E-state index contributed by atoms with van der Waals surface area (Å²) < 4.78 is 1.62. The van der Waals surface area contributed by atoms with Gasteiger partial charge in [0.1, 0.15) is 12.7 Å². The Labute approximate surface area is 105 Å². The van der Waals surface area contributed by atoms with Crippen LogP contribution in [0.15, 0.2) is 36.9 Å². The molecule has 0 spiro atoms. The molecule has 1 heterocycles. The Hall–Kier alpha value is -2.21. The van der Waals surface area contributed by atoms with Gasteiger partial charge in [-0.25, -0.2) is 9.67 Å². The maximum atomic E-state index is 11.9. The molecule has 0 bridgehead atoms. The molecule has 0 aliphatic heterocycles. The standard InChI is InChI=1S/C12H15N5O/c1-13-5-6-15-12(18)10-3-2-4-11(7-10)17-9-14-8-16-17/h2-4,7-9,13H,5-6H2,1H3,(H,15,18). The van der Waals surface area contributed by atoms with Crippen molar-refractivity contribution in [1.29, 1.82) is 0 Å². The molecule has 0 saturated heterocycles. The molecule has 6 nitrogen and oxygen atoms in total. The number of nitrogens with zero attached hydrogens (tertiary/aromatic N) is 3. The molecule has 0 radical (unpaired) electrons. The Morgan fingerprint density at radius 2 is 2.28 bits per heavy atom. The Bertz CT molecular complexity index is 509. The topological polar surface area (TPSA) is 71.8 Å². The van der Waals surface area contributed by atoms with Gasteiger partial charge in [-0.3, -0.25) is 4.79 Å². The second kappa shape index (κ2) is 5.92. The van der Waals surface area contributed by atoms with Gasteiger partial charge < -0.3 is 10.6 Å². The number of benzene rings is 1. The van der Waals surface area contributed by atoms with Gasteiger partial charge in [0.05, 0.1) is 5.69 Å². The summed E-state index contributed by atoms with van der Waals surface area (Å²) in [6, 6.07) is 7.25. The minimum atomic E-state index is -0.0905. The van der Waals surface area contributed by atoms with Crippen LogP contribution in [-0.4, -0.2) is 40.8 Å². The van der Waals surface area contributed by atoms with Gasteiger partial charge in [-0.1, -0.05) is 6.07 Å². The summed E-state index contributed by atoms with van der Waals surface area (Å²) in [6.45, 7) is 1.34. The highest BCUT2D eigenvalue weighted by Gasteiger charge is 2.06. The number of carbonyl (C=O) groups is 1. The molecule has 94 valence electrons. The normalized spacial score (nSPS) is 10.3. The molecule has 1 aromatic heterocycles. The van der Waals surface area contributed by atoms with Crippen molar-refractivity contribution in [2.24, 2.45) is 0 Å². The number of nitrogens with one attached hydrogen (secondary N) is 2. The summed E-state index contributed by atoms with van der Waals surface area (Å²) >= 11 is 0. The van der Waals surface area contributed by atoms with Crippen molar-refractivity contribution in [2.75, 3.05) is 20.1 Å². The molecule has 0 atom stereocenters. The average Bonchev–Trinajstić information content (AvgIpc) is 2.93. The van der Waals surface area contributed by atoms with Gasteiger partial charge in [0.2, 0.25) is 0 Å². The third-order valence-corrected chi connectivity index (χ3v) is 2.45. The summed E-state index contributed by atoms with van der Waals surface area (Å²) in [5.41, 5.74) is 1.42. The number of aromatic nitrogens is 3. The van der Waals surface area contributed by atoms with Crippen molar-refractivity contribution in [3.05, 3.63) is 42.5 Å². The van der Waals surface area contributed by atoms with E-state index < -0.39 is 0 Å². The fourth-order valence-corrected chi connectivity index (χ4v) is 1.53. The quantitative estimate of drug-likeness (QED) is 0.739. The van der Waals surface area contributed by atoms with Crippen molar-refractivity contribution in [2.45, 2.75) is 0 Å². The molecule has 0 unspecified atom stereocenters. The molecule has 0 aliphatic carbocycles. The van der Waals surface area contributed by atoms with E-state index in [9.17, 15) is 4.79 Å². The lowest BCUT2D eigenvalue weighted by atomic mass is 10.2. The fourth-order valence-electron chi connectivity index (χ4n) is 1.53. The number of likely N-dealkylation sites (N-methyl/N-ethyl adjacent to an activating group) is 1. The maximum Gasteiger partial charge on any atom is 0.251 e. The van der Waals surface area contributed by atoms with E-state index in [-0.39, 0.29) is 5.91 Å². The molecule has 2 N–H and O–H groups in total. The summed E-state index contributed by atoms with van der Waals surface area (Å²) in [7, 11) is 1.84. The summed E-state index contributed by atoms with van der Waals surface area (Å²) in [4.78, 5) is 15.7. The monoisotopic (exact) mass is 245 g/mol. The van der Waals surface area contributed by atoms with E-state index in [0.717, 1.165) is 12.2 Å². The van der Waals surface area contributed by atoms with E-state index in [1.165, 1.54) is 6.33 Å². The van der Waals surface area contributed by atoms with Gasteiger partial charge in [0, 0.05) is 18.7 Å². The van der Waals surface area contributed by atoms with Crippen LogP contribution in [0.1, 0.15) is 10.4 Å². The maximum absolute atomic E-state index is 11.9. The predicted molar refractivity (Wildman–Crippen MR) is 67.6 cm³/mol. The summed E-state index contributed by atoms with van der Waals surface area (Å²) in [5.74, 6) is -0.0905. The second-order valence-electron chi connectivity index (χ2n) is 3.75. The average molecular weight is 245 g/mol. The molecule has 0 aliphatic rings. The number of rotatable bonds is 5. The van der Waals surface area contributed by atoms with Crippen LogP contribution in [0.3, 0.4) is 0 Å². The highest BCUT2D eigenvalue weighted by atomic mass is 16.1. The van der Waals surface area contributed by atoms with Gasteiger partial charge in [0.25, 0.3) is 5.91 Å². The molecule has 0 fully saturated rings. The van der Waals surface area contributed by atoms with Crippen LogP contribution in [0.4, 0.5) is 0 Å². The zero-order valence-electron chi connectivity index (χ0n) is 10.1. The molecular formula is C12H15N5O. The van der Waals surface area contributed by atoms with E-state index in [1.54, 1.807) is 23.1 Å². The van der Waals surface area contributed by atoms with Gasteiger partial charge >= 0.3 is 0 Å². The molecule has 1 aromatic carbocycles. The largest absolute Gasteiger partial charge is 0.351 e. The Balaban J connectivity index is 2.10. The van der Waals surface area contributed by atoms with Gasteiger partial charge in [0.15, 0.2) is 0 Å². The zero-order valence-corrected chi connectivity index (χ0v) is 10.1. The van der Waals surface area contributed by atoms with E-state index in [0.29, 0.717) is 12.1 Å². The third-order valence-electron chi connectivity index (χ3n) is 2.45. The van der Waals surface area contributed by atoms with E-state index >= 15 is 0 Å². The van der Waals surface area contributed by atoms with Crippen LogP contribution < -0.4 is 10.6 Å². The SMILES string of the molecule is CNCCNC(=O)c1cccc(-n2cncn2)c1. The lowest BCUT2D eigenvalue weighted by Crippen LogP contribution is -2.30. The molecule has 6 heteroatoms. The summed E-state index contributed by atoms with van der Waals surface area (Å²) in [5, 5.41) is 9.82. The lowest BCUT2D eigenvalue weighted by molar-refractivity contribution is 0.0954. The molecule has 0 saturated carbocycles. The van der Waals surface area contributed by atoms with E-state index in [2.05, 4.69) is 20.7 Å². The van der Waals surface area contributed by atoms with E-state index in [1.807, 2.05) is 19.2 Å². The highest BCUT2D eigenvalue weighted by molar-refractivity contribution is 5.94. The van der Waals surface area contributed by atoms with Gasteiger partial charge in [-0.05, 0) is 25.2 Å².